The van der Waals surface area contributed by atoms with E-state index in [4.69, 9.17) is 0 Å². The molecule has 0 aliphatic heterocycles. The summed E-state index contributed by atoms with van der Waals surface area (Å²) in [4.78, 5) is 0. The zero-order valence-electron chi connectivity index (χ0n) is 11.9. The molecule has 0 spiro atoms. The highest BCUT2D eigenvalue weighted by Crippen LogP contribution is 2.14. The molecule has 2 N–H and O–H groups in total. The summed E-state index contributed by atoms with van der Waals surface area (Å²) >= 11 is 0. The molecular weight excluding hydrogens is 196 g/mol. The summed E-state index contributed by atoms with van der Waals surface area (Å²) in [5.74, 6) is 0.606. The van der Waals surface area contributed by atoms with Crippen LogP contribution in [0.5, 0.6) is 0 Å². The fourth-order valence-electron chi connectivity index (χ4n) is 1.82. The molecule has 2 nitrogen and oxygen atoms in total. The smallest absolute Gasteiger partial charge is 0.0302 e. The van der Waals surface area contributed by atoms with E-state index in [2.05, 4.69) is 58.8 Å². The molecule has 1 atom stereocenters. The maximum Gasteiger partial charge on any atom is 0.0302 e. The van der Waals surface area contributed by atoms with Crippen LogP contribution in [0.15, 0.2) is 12.2 Å². The summed E-state index contributed by atoms with van der Waals surface area (Å²) in [5.41, 5.74) is 1.32. The highest BCUT2D eigenvalue weighted by Gasteiger charge is 2.16. The average molecular weight is 226 g/mol. The molecule has 1 unspecified atom stereocenters. The predicted octanol–water partition coefficient (Wildman–Crippen LogP) is 2.95. The molecule has 0 radical (unpaired) electrons. The van der Waals surface area contributed by atoms with Crippen LogP contribution in [0.1, 0.15) is 48.0 Å². The molecule has 0 fully saturated rings. The first-order valence-electron chi connectivity index (χ1n) is 6.51. The molecule has 0 aromatic rings. The Balaban J connectivity index is 4.07. The third kappa shape index (κ3) is 7.02. The van der Waals surface area contributed by atoms with Gasteiger partial charge in [-0.3, -0.25) is 0 Å². The van der Waals surface area contributed by atoms with Gasteiger partial charge in [0.25, 0.3) is 0 Å². The van der Waals surface area contributed by atoms with Gasteiger partial charge in [0.05, 0.1) is 0 Å². The Morgan fingerprint density at radius 3 is 1.94 bits per heavy atom. The molecule has 0 aromatic carbocycles. The van der Waals surface area contributed by atoms with Crippen molar-refractivity contribution >= 4 is 0 Å². The molecule has 0 aliphatic carbocycles. The summed E-state index contributed by atoms with van der Waals surface area (Å²) in [6.45, 7) is 18.5. The summed E-state index contributed by atoms with van der Waals surface area (Å²) < 4.78 is 0. The van der Waals surface area contributed by atoms with Crippen LogP contribution in [0.4, 0.5) is 0 Å². The minimum atomic E-state index is 0.439. The molecule has 0 saturated carbocycles. The molecule has 2 heteroatoms. The van der Waals surface area contributed by atoms with E-state index < -0.39 is 0 Å². The van der Waals surface area contributed by atoms with Gasteiger partial charge < -0.3 is 10.6 Å². The van der Waals surface area contributed by atoms with Gasteiger partial charge in [0.2, 0.25) is 0 Å². The van der Waals surface area contributed by atoms with Crippen molar-refractivity contribution in [1.29, 1.82) is 0 Å². The summed E-state index contributed by atoms with van der Waals surface area (Å²) in [5, 5.41) is 7.02. The van der Waals surface area contributed by atoms with Crippen LogP contribution >= 0.6 is 0 Å². The summed E-state index contributed by atoms with van der Waals surface area (Å²) in [6.07, 6.45) is 1.06. The molecule has 0 bridgehead atoms. The third-order valence-electron chi connectivity index (χ3n) is 2.62. The number of nitrogens with one attached hydrogen (secondary N) is 2. The van der Waals surface area contributed by atoms with E-state index in [0.717, 1.165) is 13.0 Å². The van der Waals surface area contributed by atoms with Crippen molar-refractivity contribution in [2.45, 2.75) is 66.1 Å². The number of rotatable bonds is 8. The lowest BCUT2D eigenvalue weighted by Gasteiger charge is -2.27. The van der Waals surface area contributed by atoms with Gasteiger partial charge in [-0.05, 0) is 18.9 Å². The highest BCUT2D eigenvalue weighted by molar-refractivity contribution is 5.07. The summed E-state index contributed by atoms with van der Waals surface area (Å²) in [7, 11) is 0. The Hall–Kier alpha value is -0.340. The fourth-order valence-corrected chi connectivity index (χ4v) is 1.82. The monoisotopic (exact) mass is 226 g/mol. The minimum Gasteiger partial charge on any atom is -0.314 e. The maximum absolute atomic E-state index is 4.22. The van der Waals surface area contributed by atoms with E-state index in [1.165, 1.54) is 5.57 Å². The third-order valence-corrected chi connectivity index (χ3v) is 2.62. The van der Waals surface area contributed by atoms with Crippen molar-refractivity contribution < 1.29 is 0 Å². The largest absolute Gasteiger partial charge is 0.314 e. The zero-order valence-corrected chi connectivity index (χ0v) is 11.9. The van der Waals surface area contributed by atoms with E-state index in [1.807, 2.05) is 0 Å². The Labute approximate surface area is 102 Å². The Bertz CT molecular complexity index is 195. The Kier molecular flexibility index (Phi) is 7.69. The topological polar surface area (TPSA) is 24.1 Å². The SMILES string of the molecule is C=C(CCNC(C)C)C(NC(C)C)C(C)C. The van der Waals surface area contributed by atoms with E-state index in [0.29, 0.717) is 24.0 Å². The van der Waals surface area contributed by atoms with Crippen molar-refractivity contribution in [2.24, 2.45) is 5.92 Å². The van der Waals surface area contributed by atoms with Crippen molar-refractivity contribution in [3.05, 3.63) is 12.2 Å². The first-order chi connectivity index (χ1) is 7.34. The quantitative estimate of drug-likeness (QED) is 0.622. The van der Waals surface area contributed by atoms with Crippen molar-refractivity contribution in [2.75, 3.05) is 6.54 Å². The minimum absolute atomic E-state index is 0.439. The van der Waals surface area contributed by atoms with Crippen molar-refractivity contribution in [3.63, 3.8) is 0 Å². The lowest BCUT2D eigenvalue weighted by molar-refractivity contribution is 0.402. The average Bonchev–Trinajstić information content (AvgIpc) is 2.12. The second kappa shape index (κ2) is 7.86. The predicted molar refractivity (Wildman–Crippen MR) is 73.8 cm³/mol. The van der Waals surface area contributed by atoms with E-state index in [-0.39, 0.29) is 0 Å². The van der Waals surface area contributed by atoms with Gasteiger partial charge in [-0.1, -0.05) is 53.7 Å². The fraction of sp³-hybridized carbons (Fsp3) is 0.857. The van der Waals surface area contributed by atoms with Gasteiger partial charge >= 0.3 is 0 Å². The van der Waals surface area contributed by atoms with Crippen molar-refractivity contribution in [3.8, 4) is 0 Å². The van der Waals surface area contributed by atoms with Crippen LogP contribution in [0.25, 0.3) is 0 Å². The Morgan fingerprint density at radius 2 is 1.56 bits per heavy atom. The van der Waals surface area contributed by atoms with Gasteiger partial charge in [-0.2, -0.15) is 0 Å². The summed E-state index contributed by atoms with van der Waals surface area (Å²) in [6, 6.07) is 1.51. The second-order valence-electron chi connectivity index (χ2n) is 5.56. The molecule has 0 heterocycles. The number of hydrogen-bond acceptors (Lipinski definition) is 2. The first kappa shape index (κ1) is 15.7. The zero-order chi connectivity index (χ0) is 12.7. The Morgan fingerprint density at radius 1 is 1.00 bits per heavy atom. The molecule has 0 rings (SSSR count). The first-order valence-corrected chi connectivity index (χ1v) is 6.51. The van der Waals surface area contributed by atoms with Crippen molar-refractivity contribution in [1.82, 2.24) is 10.6 Å². The van der Waals surface area contributed by atoms with E-state index in [9.17, 15) is 0 Å². The molecule has 96 valence electrons. The molecule has 0 aromatic heterocycles. The maximum atomic E-state index is 4.22. The van der Waals surface area contributed by atoms with Gasteiger partial charge in [0, 0.05) is 18.1 Å². The number of hydrogen-bond donors (Lipinski definition) is 2. The second-order valence-corrected chi connectivity index (χ2v) is 5.56. The molecule has 16 heavy (non-hydrogen) atoms. The van der Waals surface area contributed by atoms with Crippen LogP contribution in [-0.2, 0) is 0 Å². The lowest BCUT2D eigenvalue weighted by Crippen LogP contribution is -2.40. The van der Waals surface area contributed by atoms with E-state index >= 15 is 0 Å². The van der Waals surface area contributed by atoms with Gasteiger partial charge in [-0.15, -0.1) is 0 Å². The van der Waals surface area contributed by atoms with Crippen LogP contribution in [0.3, 0.4) is 0 Å². The van der Waals surface area contributed by atoms with Crippen LogP contribution in [0.2, 0.25) is 0 Å². The van der Waals surface area contributed by atoms with Gasteiger partial charge in [0.1, 0.15) is 0 Å². The standard InChI is InChI=1S/C14H30N2/c1-10(2)14(16-12(5)6)13(7)8-9-15-11(3)4/h10-12,14-16H,7-9H2,1-6H3. The molecule has 0 aliphatic rings. The molecule has 0 amide bonds. The lowest BCUT2D eigenvalue weighted by atomic mass is 9.94. The normalized spacial score (nSPS) is 13.8. The van der Waals surface area contributed by atoms with E-state index in [1.54, 1.807) is 0 Å². The van der Waals surface area contributed by atoms with Crippen LogP contribution < -0.4 is 10.6 Å². The van der Waals surface area contributed by atoms with Crippen LogP contribution in [-0.4, -0.2) is 24.7 Å². The molecule has 0 saturated heterocycles. The molecular formula is C14H30N2. The van der Waals surface area contributed by atoms with Crippen LogP contribution in [0, 0.1) is 5.92 Å². The highest BCUT2D eigenvalue weighted by atomic mass is 14.9. The van der Waals surface area contributed by atoms with Gasteiger partial charge in [0.15, 0.2) is 0 Å². The van der Waals surface area contributed by atoms with Gasteiger partial charge in [-0.25, -0.2) is 0 Å².